The van der Waals surface area contributed by atoms with E-state index in [1.165, 1.54) is 0 Å². The van der Waals surface area contributed by atoms with E-state index < -0.39 is 0 Å². The Balaban J connectivity index is 2.54. The number of nitrogens with zero attached hydrogens (tertiary/aromatic N) is 3. The topological polar surface area (TPSA) is 74.4 Å². The predicted octanol–water partition coefficient (Wildman–Crippen LogP) is 0.947. The highest BCUT2D eigenvalue weighted by atomic mass is 16.4. The quantitative estimate of drug-likeness (QED) is 0.741. The molecule has 0 amide bonds. The van der Waals surface area contributed by atoms with Crippen molar-refractivity contribution in [2.24, 2.45) is 0 Å². The fourth-order valence-electron chi connectivity index (χ4n) is 1.43. The largest absolute Gasteiger partial charge is 0.406 e. The monoisotopic (exact) mass is 242 g/mol. The molecule has 0 fully saturated rings. The molecule has 0 aliphatic heterocycles. The van der Waals surface area contributed by atoms with Gasteiger partial charge < -0.3 is 19.7 Å². The Hall–Kier alpha value is -1.14. The normalized spacial score (nSPS) is 14.6. The second kappa shape index (κ2) is 6.56. The van der Waals surface area contributed by atoms with Gasteiger partial charge in [0.25, 0.3) is 0 Å². The molecule has 2 unspecified atom stereocenters. The number of rotatable bonds is 7. The molecule has 2 atom stereocenters. The van der Waals surface area contributed by atoms with Crippen LogP contribution in [-0.4, -0.2) is 41.5 Å². The van der Waals surface area contributed by atoms with Crippen molar-refractivity contribution >= 4 is 6.01 Å². The number of aromatic nitrogens is 2. The van der Waals surface area contributed by atoms with Gasteiger partial charge in [0, 0.05) is 13.6 Å². The van der Waals surface area contributed by atoms with Crippen molar-refractivity contribution in [2.75, 3.05) is 25.0 Å². The number of anilines is 1. The summed E-state index contributed by atoms with van der Waals surface area (Å²) in [6.45, 7) is 7.32. The van der Waals surface area contributed by atoms with Gasteiger partial charge in [-0.2, -0.15) is 0 Å². The first kappa shape index (κ1) is 13.9. The summed E-state index contributed by atoms with van der Waals surface area (Å²) >= 11 is 0. The summed E-state index contributed by atoms with van der Waals surface area (Å²) in [5, 5.41) is 20.4. The van der Waals surface area contributed by atoms with E-state index in [4.69, 9.17) is 4.42 Å². The summed E-state index contributed by atoms with van der Waals surface area (Å²) in [6, 6.07) is 0.553. The van der Waals surface area contributed by atoms with Crippen LogP contribution >= 0.6 is 0 Å². The molecule has 0 aliphatic rings. The fourth-order valence-corrected chi connectivity index (χ4v) is 1.43. The fraction of sp³-hybridized carbons (Fsp3) is 0.818. The van der Waals surface area contributed by atoms with E-state index in [1.54, 1.807) is 6.92 Å². The summed E-state index contributed by atoms with van der Waals surface area (Å²) in [7, 11) is 1.87. The van der Waals surface area contributed by atoms with E-state index in [9.17, 15) is 5.11 Å². The second-order valence-corrected chi connectivity index (χ2v) is 4.26. The van der Waals surface area contributed by atoms with Gasteiger partial charge in [0.1, 0.15) is 0 Å². The van der Waals surface area contributed by atoms with Gasteiger partial charge in [-0.1, -0.05) is 12.0 Å². The Kier molecular flexibility index (Phi) is 5.37. The van der Waals surface area contributed by atoms with Gasteiger partial charge in [0.15, 0.2) is 0 Å². The first-order valence-corrected chi connectivity index (χ1v) is 6.00. The lowest BCUT2D eigenvalue weighted by Crippen LogP contribution is -2.22. The van der Waals surface area contributed by atoms with Gasteiger partial charge >= 0.3 is 6.01 Å². The molecule has 6 nitrogen and oxygen atoms in total. The first-order chi connectivity index (χ1) is 8.04. The lowest BCUT2D eigenvalue weighted by Gasteiger charge is -2.14. The number of nitrogens with one attached hydrogen (secondary N) is 1. The third-order valence-corrected chi connectivity index (χ3v) is 2.52. The molecule has 0 saturated heterocycles. The summed E-state index contributed by atoms with van der Waals surface area (Å²) in [4.78, 5) is 1.85. The maximum absolute atomic E-state index is 9.21. The molecule has 1 aromatic rings. The highest BCUT2D eigenvalue weighted by Gasteiger charge is 2.15. The Morgan fingerprint density at radius 3 is 2.71 bits per heavy atom. The molecule has 0 saturated carbocycles. The van der Waals surface area contributed by atoms with Crippen LogP contribution in [-0.2, 0) is 0 Å². The molecule has 98 valence electrons. The highest BCUT2D eigenvalue weighted by molar-refractivity contribution is 5.21. The SMILES string of the molecule is CCNC(C)c1nnc(N(C)CCC(C)O)o1. The van der Waals surface area contributed by atoms with Crippen molar-refractivity contribution in [2.45, 2.75) is 39.3 Å². The van der Waals surface area contributed by atoms with Crippen LogP contribution in [0.25, 0.3) is 0 Å². The highest BCUT2D eigenvalue weighted by Crippen LogP contribution is 2.16. The Morgan fingerprint density at radius 1 is 1.41 bits per heavy atom. The first-order valence-electron chi connectivity index (χ1n) is 6.00. The van der Waals surface area contributed by atoms with Gasteiger partial charge in [-0.15, -0.1) is 5.10 Å². The Morgan fingerprint density at radius 2 is 2.12 bits per heavy atom. The second-order valence-electron chi connectivity index (χ2n) is 4.26. The summed E-state index contributed by atoms with van der Waals surface area (Å²) in [6.07, 6.45) is 0.359. The molecular weight excluding hydrogens is 220 g/mol. The summed E-state index contributed by atoms with van der Waals surface area (Å²) in [5.41, 5.74) is 0. The number of hydrogen-bond donors (Lipinski definition) is 2. The molecule has 0 bridgehead atoms. The molecule has 0 aromatic carbocycles. The third-order valence-electron chi connectivity index (χ3n) is 2.52. The maximum Gasteiger partial charge on any atom is 0.317 e. The van der Waals surface area contributed by atoms with Crippen LogP contribution in [0.1, 0.15) is 39.1 Å². The molecule has 0 radical (unpaired) electrons. The lowest BCUT2D eigenvalue weighted by atomic mass is 10.3. The van der Waals surface area contributed by atoms with Crippen LogP contribution in [0.2, 0.25) is 0 Å². The van der Waals surface area contributed by atoms with Crippen molar-refractivity contribution in [3.63, 3.8) is 0 Å². The van der Waals surface area contributed by atoms with E-state index in [1.807, 2.05) is 25.8 Å². The zero-order valence-corrected chi connectivity index (χ0v) is 11.0. The van der Waals surface area contributed by atoms with E-state index >= 15 is 0 Å². The van der Waals surface area contributed by atoms with Crippen molar-refractivity contribution in [1.82, 2.24) is 15.5 Å². The van der Waals surface area contributed by atoms with Crippen LogP contribution in [0.3, 0.4) is 0 Å². The average Bonchev–Trinajstić information content (AvgIpc) is 2.75. The van der Waals surface area contributed by atoms with Crippen LogP contribution in [0.15, 0.2) is 4.42 Å². The van der Waals surface area contributed by atoms with Gasteiger partial charge in [0.2, 0.25) is 5.89 Å². The molecule has 0 spiro atoms. The van der Waals surface area contributed by atoms with Gasteiger partial charge in [-0.3, -0.25) is 0 Å². The van der Waals surface area contributed by atoms with Crippen molar-refractivity contribution in [3.05, 3.63) is 5.89 Å². The van der Waals surface area contributed by atoms with E-state index in [0.717, 1.165) is 6.54 Å². The zero-order chi connectivity index (χ0) is 12.8. The molecule has 0 aliphatic carbocycles. The minimum atomic E-state index is -0.319. The van der Waals surface area contributed by atoms with Crippen LogP contribution in [0.4, 0.5) is 6.01 Å². The molecule has 1 aromatic heterocycles. The lowest BCUT2D eigenvalue weighted by molar-refractivity contribution is 0.186. The van der Waals surface area contributed by atoms with E-state index in [2.05, 4.69) is 15.5 Å². The van der Waals surface area contributed by atoms with Crippen LogP contribution in [0, 0.1) is 0 Å². The van der Waals surface area contributed by atoms with Crippen molar-refractivity contribution in [1.29, 1.82) is 0 Å². The van der Waals surface area contributed by atoms with Crippen molar-refractivity contribution in [3.8, 4) is 0 Å². The molecule has 2 N–H and O–H groups in total. The molecule has 1 heterocycles. The summed E-state index contributed by atoms with van der Waals surface area (Å²) < 4.78 is 5.55. The minimum Gasteiger partial charge on any atom is -0.406 e. The number of hydrogen-bond acceptors (Lipinski definition) is 6. The number of aliphatic hydroxyl groups excluding tert-OH is 1. The van der Waals surface area contributed by atoms with Crippen LogP contribution < -0.4 is 10.2 Å². The third kappa shape index (κ3) is 4.32. The van der Waals surface area contributed by atoms with Crippen molar-refractivity contribution < 1.29 is 9.52 Å². The molecule has 1 rings (SSSR count). The standard InChI is InChI=1S/C11H22N4O2/c1-5-12-9(3)10-13-14-11(17-10)15(4)7-6-8(2)16/h8-9,12,16H,5-7H2,1-4H3. The molecule has 17 heavy (non-hydrogen) atoms. The Bertz CT molecular complexity index is 327. The van der Waals surface area contributed by atoms with Gasteiger partial charge in [-0.05, 0) is 26.8 Å². The smallest absolute Gasteiger partial charge is 0.317 e. The van der Waals surface area contributed by atoms with Gasteiger partial charge in [-0.25, -0.2) is 0 Å². The van der Waals surface area contributed by atoms with Crippen LogP contribution in [0.5, 0.6) is 0 Å². The van der Waals surface area contributed by atoms with Gasteiger partial charge in [0.05, 0.1) is 12.1 Å². The predicted molar refractivity (Wildman–Crippen MR) is 66.0 cm³/mol. The zero-order valence-electron chi connectivity index (χ0n) is 11.0. The van der Waals surface area contributed by atoms with E-state index in [-0.39, 0.29) is 12.1 Å². The maximum atomic E-state index is 9.21. The Labute approximate surface area is 102 Å². The average molecular weight is 242 g/mol. The number of aliphatic hydroxyl groups is 1. The molecular formula is C11H22N4O2. The summed E-state index contributed by atoms with van der Waals surface area (Å²) in [5.74, 6) is 0.589. The van der Waals surface area contributed by atoms with E-state index in [0.29, 0.717) is 24.9 Å². The minimum absolute atomic E-state index is 0.0615. The molecule has 6 heteroatoms.